The van der Waals surface area contributed by atoms with E-state index < -0.39 is 0 Å². The molecule has 1 aromatic rings. The minimum Gasteiger partial charge on any atom is -0.504 e. The summed E-state index contributed by atoms with van der Waals surface area (Å²) in [4.78, 5) is 0. The van der Waals surface area contributed by atoms with Crippen molar-refractivity contribution < 1.29 is 9.84 Å². The first-order chi connectivity index (χ1) is 6.72. The number of aromatic hydroxyl groups is 1. The van der Waals surface area contributed by atoms with Gasteiger partial charge in [-0.1, -0.05) is 6.07 Å². The summed E-state index contributed by atoms with van der Waals surface area (Å²) in [7, 11) is 1.51. The molecule has 0 aliphatic rings. The minimum atomic E-state index is 0. The Labute approximate surface area is 108 Å². The highest BCUT2D eigenvalue weighted by Crippen LogP contribution is 2.28. The van der Waals surface area contributed by atoms with Crippen LogP contribution in [-0.4, -0.2) is 25.3 Å². The third kappa shape index (κ3) is 4.06. The van der Waals surface area contributed by atoms with Gasteiger partial charge >= 0.3 is 0 Å². The van der Waals surface area contributed by atoms with Gasteiger partial charge in [-0.05, 0) is 17.7 Å². The van der Waals surface area contributed by atoms with Gasteiger partial charge in [0.15, 0.2) is 11.5 Å². The van der Waals surface area contributed by atoms with Crippen molar-refractivity contribution >= 4 is 24.8 Å². The van der Waals surface area contributed by atoms with Crippen LogP contribution in [0.2, 0.25) is 0 Å². The van der Waals surface area contributed by atoms with E-state index in [9.17, 15) is 5.11 Å². The number of rotatable bonds is 4. The van der Waals surface area contributed by atoms with E-state index in [1.807, 2.05) is 6.07 Å². The Bertz CT molecular complexity index is 307. The molecule has 0 unspecified atom stereocenters. The van der Waals surface area contributed by atoms with E-state index in [-0.39, 0.29) is 36.5 Å². The van der Waals surface area contributed by atoms with Crippen molar-refractivity contribution in [1.82, 2.24) is 0 Å². The fraction of sp³-hybridized carbons (Fsp3) is 0.400. The Balaban J connectivity index is 0. The summed E-state index contributed by atoms with van der Waals surface area (Å²) in [5.41, 5.74) is 12.1. The Hall–Kier alpha value is -0.680. The average molecular weight is 269 g/mol. The largest absolute Gasteiger partial charge is 0.504 e. The van der Waals surface area contributed by atoms with Gasteiger partial charge in [-0.25, -0.2) is 0 Å². The zero-order chi connectivity index (χ0) is 10.6. The summed E-state index contributed by atoms with van der Waals surface area (Å²) in [5.74, 6) is 0.697. The molecule has 1 rings (SSSR count). The summed E-state index contributed by atoms with van der Waals surface area (Å²) >= 11 is 0. The second-order valence-corrected chi connectivity index (χ2v) is 3.10. The quantitative estimate of drug-likeness (QED) is 0.768. The Morgan fingerprint density at radius 3 is 2.25 bits per heavy atom. The maximum Gasteiger partial charge on any atom is 0.160 e. The van der Waals surface area contributed by atoms with Crippen LogP contribution in [0.5, 0.6) is 11.5 Å². The van der Waals surface area contributed by atoms with Crippen molar-refractivity contribution in [3.8, 4) is 11.5 Å². The molecule has 0 amide bonds. The zero-order valence-electron chi connectivity index (χ0n) is 9.05. The Kier molecular flexibility index (Phi) is 9.37. The van der Waals surface area contributed by atoms with Crippen LogP contribution in [-0.2, 0) is 0 Å². The molecule has 94 valence electrons. The van der Waals surface area contributed by atoms with Crippen LogP contribution in [0.4, 0.5) is 0 Å². The lowest BCUT2D eigenvalue weighted by molar-refractivity contribution is 0.372. The number of benzene rings is 1. The van der Waals surface area contributed by atoms with Gasteiger partial charge in [0, 0.05) is 19.0 Å². The molecule has 0 saturated carbocycles. The highest BCUT2D eigenvalue weighted by Gasteiger charge is 2.10. The normalized spacial score (nSPS) is 9.25. The second kappa shape index (κ2) is 8.47. The number of halogens is 2. The van der Waals surface area contributed by atoms with E-state index in [2.05, 4.69) is 0 Å². The summed E-state index contributed by atoms with van der Waals surface area (Å²) in [6.45, 7) is 0.981. The van der Waals surface area contributed by atoms with E-state index >= 15 is 0 Å². The molecule has 0 aromatic heterocycles. The maximum absolute atomic E-state index is 9.37. The molecule has 6 heteroatoms. The first-order valence-corrected chi connectivity index (χ1v) is 4.50. The number of phenolic OH excluding ortho intramolecular Hbond substituents is 1. The van der Waals surface area contributed by atoms with Crippen LogP contribution in [0.3, 0.4) is 0 Å². The monoisotopic (exact) mass is 268 g/mol. The number of hydrogen-bond donors (Lipinski definition) is 3. The molecule has 0 heterocycles. The van der Waals surface area contributed by atoms with E-state index in [4.69, 9.17) is 16.2 Å². The molecule has 0 aliphatic carbocycles. The molecular formula is C10H18Cl2N2O2. The third-order valence-corrected chi connectivity index (χ3v) is 2.24. The molecule has 0 aliphatic heterocycles. The fourth-order valence-electron chi connectivity index (χ4n) is 1.32. The molecule has 0 atom stereocenters. The van der Waals surface area contributed by atoms with Gasteiger partial charge in [-0.2, -0.15) is 0 Å². The van der Waals surface area contributed by atoms with Crippen LogP contribution < -0.4 is 16.2 Å². The molecule has 0 spiro atoms. The van der Waals surface area contributed by atoms with Gasteiger partial charge in [0.25, 0.3) is 0 Å². The summed E-state index contributed by atoms with van der Waals surface area (Å²) < 4.78 is 4.99. The average Bonchev–Trinajstić information content (AvgIpc) is 2.22. The third-order valence-electron chi connectivity index (χ3n) is 2.24. The van der Waals surface area contributed by atoms with Crippen LogP contribution in [0.15, 0.2) is 18.2 Å². The first kappa shape index (κ1) is 17.7. The standard InChI is InChI=1S/C10H16N2O2.2ClH/c1-14-10-4-7(2-3-9(10)13)8(5-11)6-12;;/h2-4,8,13H,5-6,11-12H2,1H3;2*1H. The molecule has 0 saturated heterocycles. The van der Waals surface area contributed by atoms with Gasteiger partial charge in [0.1, 0.15) is 0 Å². The predicted octanol–water partition coefficient (Wildman–Crippen LogP) is 1.25. The van der Waals surface area contributed by atoms with Crippen molar-refractivity contribution in [2.24, 2.45) is 11.5 Å². The topological polar surface area (TPSA) is 81.5 Å². The molecule has 1 aromatic carbocycles. The molecule has 0 fully saturated rings. The number of hydrogen-bond acceptors (Lipinski definition) is 4. The molecule has 16 heavy (non-hydrogen) atoms. The molecular weight excluding hydrogens is 251 g/mol. The lowest BCUT2D eigenvalue weighted by Crippen LogP contribution is -2.21. The summed E-state index contributed by atoms with van der Waals surface area (Å²) in [5, 5.41) is 9.37. The lowest BCUT2D eigenvalue weighted by atomic mass is 9.99. The van der Waals surface area contributed by atoms with E-state index in [0.29, 0.717) is 18.8 Å². The van der Waals surface area contributed by atoms with Gasteiger partial charge in [-0.3, -0.25) is 0 Å². The lowest BCUT2D eigenvalue weighted by Gasteiger charge is -2.14. The van der Waals surface area contributed by atoms with E-state index in [0.717, 1.165) is 5.56 Å². The number of ether oxygens (including phenoxy) is 1. The Morgan fingerprint density at radius 1 is 1.25 bits per heavy atom. The highest BCUT2D eigenvalue weighted by atomic mass is 35.5. The molecule has 0 bridgehead atoms. The summed E-state index contributed by atoms with van der Waals surface area (Å²) in [6.07, 6.45) is 0. The van der Waals surface area contributed by atoms with Gasteiger partial charge in [0.05, 0.1) is 7.11 Å². The van der Waals surface area contributed by atoms with Gasteiger partial charge in [-0.15, -0.1) is 24.8 Å². The van der Waals surface area contributed by atoms with E-state index in [1.54, 1.807) is 12.1 Å². The van der Waals surface area contributed by atoms with Crippen LogP contribution in [0, 0.1) is 0 Å². The summed E-state index contributed by atoms with van der Waals surface area (Å²) in [6, 6.07) is 5.16. The molecule has 5 N–H and O–H groups in total. The number of nitrogens with two attached hydrogens (primary N) is 2. The van der Waals surface area contributed by atoms with Crippen molar-refractivity contribution in [2.45, 2.75) is 5.92 Å². The smallest absolute Gasteiger partial charge is 0.160 e. The van der Waals surface area contributed by atoms with Crippen LogP contribution >= 0.6 is 24.8 Å². The van der Waals surface area contributed by atoms with Crippen molar-refractivity contribution in [3.05, 3.63) is 23.8 Å². The highest BCUT2D eigenvalue weighted by molar-refractivity contribution is 5.85. The maximum atomic E-state index is 9.37. The Morgan fingerprint density at radius 2 is 1.81 bits per heavy atom. The van der Waals surface area contributed by atoms with Crippen LogP contribution in [0.1, 0.15) is 11.5 Å². The number of methoxy groups -OCH3 is 1. The van der Waals surface area contributed by atoms with Crippen molar-refractivity contribution in [2.75, 3.05) is 20.2 Å². The van der Waals surface area contributed by atoms with Gasteiger partial charge in [0.2, 0.25) is 0 Å². The van der Waals surface area contributed by atoms with Crippen molar-refractivity contribution in [3.63, 3.8) is 0 Å². The number of phenols is 1. The second-order valence-electron chi connectivity index (χ2n) is 3.10. The SMILES string of the molecule is COc1cc(C(CN)CN)ccc1O.Cl.Cl. The minimum absolute atomic E-state index is 0. The van der Waals surface area contributed by atoms with Crippen molar-refractivity contribution in [1.29, 1.82) is 0 Å². The predicted molar refractivity (Wildman–Crippen MR) is 70.0 cm³/mol. The van der Waals surface area contributed by atoms with E-state index in [1.165, 1.54) is 7.11 Å². The molecule has 0 radical (unpaired) electrons. The fourth-order valence-corrected chi connectivity index (χ4v) is 1.32. The van der Waals surface area contributed by atoms with Gasteiger partial charge < -0.3 is 21.3 Å². The zero-order valence-corrected chi connectivity index (χ0v) is 10.7. The van der Waals surface area contributed by atoms with Crippen LogP contribution in [0.25, 0.3) is 0 Å². The molecule has 4 nitrogen and oxygen atoms in total. The first-order valence-electron chi connectivity index (χ1n) is 4.50.